The standard InChI is InChI=1S/C10H17ClN4O2/c1-4-16-10-14-8(11)13-9(15-10)12-5-6-17-7(2)3/h7H,4-6H2,1-3H3,(H,12,13,14,15). The van der Waals surface area contributed by atoms with E-state index in [0.717, 1.165) is 0 Å². The summed E-state index contributed by atoms with van der Waals surface area (Å²) < 4.78 is 10.5. The first-order valence-corrected chi connectivity index (χ1v) is 5.89. The summed E-state index contributed by atoms with van der Waals surface area (Å²) in [5.41, 5.74) is 0. The average molecular weight is 261 g/mol. The molecular formula is C10H17ClN4O2. The Hall–Kier alpha value is -1.14. The lowest BCUT2D eigenvalue weighted by atomic mass is 10.5. The van der Waals surface area contributed by atoms with Crippen molar-refractivity contribution >= 4 is 17.5 Å². The van der Waals surface area contributed by atoms with Crippen molar-refractivity contribution in [3.8, 4) is 6.01 Å². The molecule has 0 spiro atoms. The van der Waals surface area contributed by atoms with Crippen LogP contribution in [0.2, 0.25) is 5.28 Å². The Bertz CT molecular complexity index is 349. The number of nitrogens with one attached hydrogen (secondary N) is 1. The third-order valence-electron chi connectivity index (χ3n) is 1.70. The molecule has 1 rings (SSSR count). The monoisotopic (exact) mass is 260 g/mol. The van der Waals surface area contributed by atoms with Crippen molar-refractivity contribution in [2.45, 2.75) is 26.9 Å². The van der Waals surface area contributed by atoms with Gasteiger partial charge >= 0.3 is 6.01 Å². The first kappa shape index (κ1) is 13.9. The SMILES string of the molecule is CCOc1nc(Cl)nc(NCCOC(C)C)n1. The van der Waals surface area contributed by atoms with E-state index in [1.54, 1.807) is 0 Å². The van der Waals surface area contributed by atoms with Crippen molar-refractivity contribution in [3.05, 3.63) is 5.28 Å². The number of ether oxygens (including phenoxy) is 2. The minimum atomic E-state index is 0.107. The smallest absolute Gasteiger partial charge is 0.322 e. The number of halogens is 1. The zero-order valence-electron chi connectivity index (χ0n) is 10.2. The highest BCUT2D eigenvalue weighted by atomic mass is 35.5. The molecule has 0 unspecified atom stereocenters. The summed E-state index contributed by atoms with van der Waals surface area (Å²) in [4.78, 5) is 11.8. The summed E-state index contributed by atoms with van der Waals surface area (Å²) in [5, 5.41) is 3.10. The molecule has 0 amide bonds. The Morgan fingerprint density at radius 1 is 1.29 bits per heavy atom. The van der Waals surface area contributed by atoms with Crippen molar-refractivity contribution in [2.75, 3.05) is 25.1 Å². The number of aromatic nitrogens is 3. The zero-order valence-corrected chi connectivity index (χ0v) is 11.0. The Morgan fingerprint density at radius 2 is 2.06 bits per heavy atom. The molecule has 0 atom stereocenters. The predicted molar refractivity (Wildman–Crippen MR) is 65.6 cm³/mol. The van der Waals surface area contributed by atoms with Crippen LogP contribution in [-0.4, -0.2) is 40.8 Å². The van der Waals surface area contributed by atoms with Gasteiger partial charge in [0.25, 0.3) is 0 Å². The van der Waals surface area contributed by atoms with Gasteiger partial charge in [-0.05, 0) is 32.4 Å². The molecule has 1 heterocycles. The molecule has 0 aromatic carbocycles. The summed E-state index contributed by atoms with van der Waals surface area (Å²) in [6, 6.07) is 0.222. The van der Waals surface area contributed by atoms with E-state index in [-0.39, 0.29) is 17.4 Å². The maximum Gasteiger partial charge on any atom is 0.322 e. The molecule has 0 radical (unpaired) electrons. The first-order chi connectivity index (χ1) is 8.11. The van der Waals surface area contributed by atoms with Crippen LogP contribution < -0.4 is 10.1 Å². The van der Waals surface area contributed by atoms with Gasteiger partial charge in [-0.25, -0.2) is 0 Å². The molecular weight excluding hydrogens is 244 g/mol. The van der Waals surface area contributed by atoms with Gasteiger partial charge in [0.05, 0.1) is 19.3 Å². The van der Waals surface area contributed by atoms with E-state index >= 15 is 0 Å². The third kappa shape index (κ3) is 5.65. The van der Waals surface area contributed by atoms with E-state index in [0.29, 0.717) is 25.7 Å². The Balaban J connectivity index is 2.46. The van der Waals surface area contributed by atoms with Crippen LogP contribution in [0.25, 0.3) is 0 Å². The van der Waals surface area contributed by atoms with E-state index in [1.807, 2.05) is 20.8 Å². The minimum Gasteiger partial charge on any atom is -0.464 e. The van der Waals surface area contributed by atoms with Gasteiger partial charge in [-0.1, -0.05) is 0 Å². The first-order valence-electron chi connectivity index (χ1n) is 5.51. The lowest BCUT2D eigenvalue weighted by Gasteiger charge is -2.09. The third-order valence-corrected chi connectivity index (χ3v) is 1.87. The number of rotatable bonds is 7. The topological polar surface area (TPSA) is 69.2 Å². The molecule has 0 aliphatic carbocycles. The van der Waals surface area contributed by atoms with Gasteiger partial charge in [0, 0.05) is 6.54 Å². The van der Waals surface area contributed by atoms with Crippen molar-refractivity contribution in [2.24, 2.45) is 0 Å². The molecule has 0 saturated carbocycles. The Kier molecular flexibility index (Phi) is 5.93. The molecule has 96 valence electrons. The van der Waals surface area contributed by atoms with Gasteiger partial charge in [-0.15, -0.1) is 0 Å². The number of nitrogens with zero attached hydrogens (tertiary/aromatic N) is 3. The van der Waals surface area contributed by atoms with E-state index in [4.69, 9.17) is 21.1 Å². The molecule has 0 bridgehead atoms. The molecule has 1 aromatic heterocycles. The summed E-state index contributed by atoms with van der Waals surface area (Å²) in [6.45, 7) is 7.46. The number of hydrogen-bond acceptors (Lipinski definition) is 6. The lowest BCUT2D eigenvalue weighted by molar-refractivity contribution is 0.0869. The summed E-state index contributed by atoms with van der Waals surface area (Å²) >= 11 is 5.74. The van der Waals surface area contributed by atoms with Crippen LogP contribution in [0.4, 0.5) is 5.95 Å². The van der Waals surface area contributed by atoms with Gasteiger partial charge in [-0.3, -0.25) is 0 Å². The Labute approximate surface area is 106 Å². The van der Waals surface area contributed by atoms with Crippen LogP contribution in [0.3, 0.4) is 0 Å². The summed E-state index contributed by atoms with van der Waals surface area (Å²) in [7, 11) is 0. The fourth-order valence-corrected chi connectivity index (χ4v) is 1.21. The number of anilines is 1. The fraction of sp³-hybridized carbons (Fsp3) is 0.700. The molecule has 0 saturated heterocycles. The van der Waals surface area contributed by atoms with E-state index < -0.39 is 0 Å². The fourth-order valence-electron chi connectivity index (χ4n) is 1.06. The average Bonchev–Trinajstić information content (AvgIpc) is 2.24. The van der Waals surface area contributed by atoms with Gasteiger partial charge in [0.1, 0.15) is 0 Å². The van der Waals surface area contributed by atoms with Gasteiger partial charge in [-0.2, -0.15) is 15.0 Å². The van der Waals surface area contributed by atoms with Crippen molar-refractivity contribution in [3.63, 3.8) is 0 Å². The van der Waals surface area contributed by atoms with Crippen LogP contribution in [0.1, 0.15) is 20.8 Å². The molecule has 17 heavy (non-hydrogen) atoms. The second-order valence-electron chi connectivity index (χ2n) is 3.49. The molecule has 0 fully saturated rings. The molecule has 7 heteroatoms. The molecule has 0 aliphatic heterocycles. The molecule has 1 N–H and O–H groups in total. The van der Waals surface area contributed by atoms with Crippen molar-refractivity contribution in [1.29, 1.82) is 0 Å². The van der Waals surface area contributed by atoms with Crippen molar-refractivity contribution < 1.29 is 9.47 Å². The van der Waals surface area contributed by atoms with E-state index in [9.17, 15) is 0 Å². The van der Waals surface area contributed by atoms with Crippen LogP contribution >= 0.6 is 11.6 Å². The van der Waals surface area contributed by atoms with Gasteiger partial charge < -0.3 is 14.8 Å². The Morgan fingerprint density at radius 3 is 2.71 bits per heavy atom. The van der Waals surface area contributed by atoms with Crippen LogP contribution in [0, 0.1) is 0 Å². The normalized spacial score (nSPS) is 10.6. The maximum atomic E-state index is 5.74. The van der Waals surface area contributed by atoms with Crippen LogP contribution in [-0.2, 0) is 4.74 Å². The van der Waals surface area contributed by atoms with Crippen molar-refractivity contribution in [1.82, 2.24) is 15.0 Å². The second kappa shape index (κ2) is 7.24. The highest BCUT2D eigenvalue weighted by Crippen LogP contribution is 2.10. The second-order valence-corrected chi connectivity index (χ2v) is 3.83. The molecule has 0 aliphatic rings. The zero-order chi connectivity index (χ0) is 12.7. The minimum absolute atomic E-state index is 0.107. The molecule has 6 nitrogen and oxygen atoms in total. The highest BCUT2D eigenvalue weighted by Gasteiger charge is 2.05. The maximum absolute atomic E-state index is 5.74. The van der Waals surface area contributed by atoms with Gasteiger partial charge in [0.15, 0.2) is 0 Å². The summed E-state index contributed by atoms with van der Waals surface area (Å²) in [6.07, 6.45) is 0.206. The highest BCUT2D eigenvalue weighted by molar-refractivity contribution is 6.28. The molecule has 1 aromatic rings. The largest absolute Gasteiger partial charge is 0.464 e. The lowest BCUT2D eigenvalue weighted by Crippen LogP contribution is -2.15. The van der Waals surface area contributed by atoms with E-state index in [2.05, 4.69) is 20.3 Å². The summed E-state index contributed by atoms with van der Waals surface area (Å²) in [5.74, 6) is 0.390. The quantitative estimate of drug-likeness (QED) is 0.754. The van der Waals surface area contributed by atoms with Crippen LogP contribution in [0.15, 0.2) is 0 Å². The van der Waals surface area contributed by atoms with Crippen LogP contribution in [0.5, 0.6) is 6.01 Å². The number of hydrogen-bond donors (Lipinski definition) is 1. The predicted octanol–water partition coefficient (Wildman–Crippen LogP) is 1.76. The van der Waals surface area contributed by atoms with Gasteiger partial charge in [0.2, 0.25) is 11.2 Å². The van der Waals surface area contributed by atoms with E-state index in [1.165, 1.54) is 0 Å².